The molecule has 1 aromatic rings. The van der Waals surface area contributed by atoms with Crippen molar-refractivity contribution in [3.63, 3.8) is 0 Å². The molecular weight excluding hydrogens is 218 g/mol. The number of phenolic OH excluding ortho intramolecular Hbond substituents is 1. The third-order valence-corrected chi connectivity index (χ3v) is 2.35. The normalized spacial score (nSPS) is 11.3. The van der Waals surface area contributed by atoms with Gasteiger partial charge in [0, 0.05) is 17.3 Å². The van der Waals surface area contributed by atoms with E-state index in [1.54, 1.807) is 19.1 Å². The van der Waals surface area contributed by atoms with E-state index in [9.17, 15) is 10.2 Å². The van der Waals surface area contributed by atoms with Crippen LogP contribution in [0.4, 0.5) is 5.69 Å². The lowest BCUT2D eigenvalue weighted by Gasteiger charge is -2.19. The van der Waals surface area contributed by atoms with Gasteiger partial charge in [0.05, 0.1) is 18.2 Å². The van der Waals surface area contributed by atoms with Crippen LogP contribution in [0.1, 0.15) is 18.6 Å². The third-order valence-electron chi connectivity index (χ3n) is 2.35. The van der Waals surface area contributed by atoms with E-state index in [0.29, 0.717) is 11.3 Å². The molecule has 88 valence electrons. The number of nitrogens with zero attached hydrogens (tertiary/aromatic N) is 3. The number of aromatic hydroxyl groups is 1. The average molecular weight is 231 g/mol. The lowest BCUT2D eigenvalue weighted by molar-refractivity contribution is 0.195. The van der Waals surface area contributed by atoms with Gasteiger partial charge in [-0.25, -0.2) is 0 Å². The molecule has 0 spiro atoms. The van der Waals surface area contributed by atoms with Gasteiger partial charge in [-0.2, -0.15) is 10.5 Å². The summed E-state index contributed by atoms with van der Waals surface area (Å²) in [6.45, 7) is 1.69. The molecule has 0 aliphatic carbocycles. The second-order valence-corrected chi connectivity index (χ2v) is 3.59. The maximum Gasteiger partial charge on any atom is 0.123 e. The summed E-state index contributed by atoms with van der Waals surface area (Å²) < 4.78 is 0. The van der Waals surface area contributed by atoms with Crippen LogP contribution in [-0.4, -0.2) is 23.3 Å². The molecule has 0 radical (unpaired) electrons. The monoisotopic (exact) mass is 231 g/mol. The zero-order valence-electron chi connectivity index (χ0n) is 9.46. The minimum atomic E-state index is -0.760. The lowest BCUT2D eigenvalue weighted by atomic mass is 10.1. The smallest absolute Gasteiger partial charge is 0.123 e. The molecule has 2 N–H and O–H groups in total. The van der Waals surface area contributed by atoms with E-state index in [1.807, 2.05) is 12.1 Å². The van der Waals surface area contributed by atoms with Crippen LogP contribution in [0.25, 0.3) is 0 Å². The van der Waals surface area contributed by atoms with E-state index >= 15 is 0 Å². The van der Waals surface area contributed by atoms with E-state index in [0.717, 1.165) is 0 Å². The van der Waals surface area contributed by atoms with Crippen molar-refractivity contribution in [3.8, 4) is 17.9 Å². The first-order valence-corrected chi connectivity index (χ1v) is 5.10. The first-order chi connectivity index (χ1) is 8.10. The predicted molar refractivity (Wildman–Crippen MR) is 62.2 cm³/mol. The Balaban J connectivity index is 3.03. The highest BCUT2D eigenvalue weighted by molar-refractivity contribution is 5.54. The number of nitriles is 2. The molecule has 0 aliphatic heterocycles. The molecule has 5 heteroatoms. The molecule has 1 rings (SSSR count). The minimum absolute atomic E-state index is 0.0432. The van der Waals surface area contributed by atoms with Gasteiger partial charge >= 0.3 is 0 Å². The Morgan fingerprint density at radius 1 is 1.29 bits per heavy atom. The molecule has 5 nitrogen and oxygen atoms in total. The van der Waals surface area contributed by atoms with E-state index in [-0.39, 0.29) is 18.8 Å². The van der Waals surface area contributed by atoms with Gasteiger partial charge in [-0.05, 0) is 13.0 Å². The van der Waals surface area contributed by atoms with Gasteiger partial charge < -0.3 is 15.1 Å². The summed E-state index contributed by atoms with van der Waals surface area (Å²) in [5.41, 5.74) is 0.998. The molecule has 0 fully saturated rings. The lowest BCUT2D eigenvalue weighted by Crippen LogP contribution is -2.23. The minimum Gasteiger partial charge on any atom is -0.507 e. The van der Waals surface area contributed by atoms with Crippen LogP contribution in [-0.2, 0) is 0 Å². The summed E-state index contributed by atoms with van der Waals surface area (Å²) in [6.07, 6.45) is -0.760. The van der Waals surface area contributed by atoms with E-state index in [1.165, 1.54) is 11.0 Å². The summed E-state index contributed by atoms with van der Waals surface area (Å²) in [6, 6.07) is 8.59. The van der Waals surface area contributed by atoms with E-state index in [2.05, 4.69) is 0 Å². The second kappa shape index (κ2) is 5.74. The number of anilines is 1. The van der Waals surface area contributed by atoms with E-state index < -0.39 is 6.10 Å². The highest BCUT2D eigenvalue weighted by Gasteiger charge is 2.11. The summed E-state index contributed by atoms with van der Waals surface area (Å²) in [5.74, 6) is -0.0432. The topological polar surface area (TPSA) is 91.3 Å². The zero-order chi connectivity index (χ0) is 12.8. The first kappa shape index (κ1) is 12.8. The van der Waals surface area contributed by atoms with Crippen LogP contribution < -0.4 is 4.90 Å². The van der Waals surface area contributed by atoms with Crippen LogP contribution in [0.15, 0.2) is 18.2 Å². The van der Waals surface area contributed by atoms with Gasteiger partial charge in [0.25, 0.3) is 0 Å². The maximum absolute atomic E-state index is 9.69. The summed E-state index contributed by atoms with van der Waals surface area (Å²) >= 11 is 0. The van der Waals surface area contributed by atoms with Crippen molar-refractivity contribution in [1.29, 1.82) is 10.5 Å². The Hall–Kier alpha value is -2.24. The van der Waals surface area contributed by atoms with Crippen molar-refractivity contribution >= 4 is 5.69 Å². The van der Waals surface area contributed by atoms with Gasteiger partial charge in [-0.1, -0.05) is 6.07 Å². The number of aliphatic hydroxyl groups is 1. The molecule has 1 aromatic carbocycles. The number of hydrogen-bond acceptors (Lipinski definition) is 5. The van der Waals surface area contributed by atoms with Crippen LogP contribution in [0, 0.1) is 22.7 Å². The van der Waals surface area contributed by atoms with Crippen LogP contribution >= 0.6 is 0 Å². The summed E-state index contributed by atoms with van der Waals surface area (Å²) in [4.78, 5) is 1.53. The molecule has 0 saturated carbocycles. The van der Waals surface area contributed by atoms with Crippen LogP contribution in [0.3, 0.4) is 0 Å². The highest BCUT2D eigenvalue weighted by atomic mass is 16.3. The Morgan fingerprint density at radius 2 is 1.88 bits per heavy atom. The van der Waals surface area contributed by atoms with Gasteiger partial charge in [0.2, 0.25) is 0 Å². The Kier molecular flexibility index (Phi) is 4.33. The number of benzene rings is 1. The molecule has 0 saturated heterocycles. The fraction of sp³-hybridized carbons (Fsp3) is 0.333. The first-order valence-electron chi connectivity index (χ1n) is 5.10. The molecule has 0 heterocycles. The molecule has 1 unspecified atom stereocenters. The predicted octanol–water partition coefficient (Wildman–Crippen LogP) is 1.30. The maximum atomic E-state index is 9.69. The zero-order valence-corrected chi connectivity index (χ0v) is 9.46. The average Bonchev–Trinajstić information content (AvgIpc) is 2.28. The summed E-state index contributed by atoms with van der Waals surface area (Å²) in [5, 5.41) is 36.3. The fourth-order valence-electron chi connectivity index (χ4n) is 1.49. The molecule has 0 aliphatic rings. The molecule has 0 bridgehead atoms. The number of phenols is 1. The molecule has 1 atom stereocenters. The Morgan fingerprint density at radius 3 is 2.29 bits per heavy atom. The van der Waals surface area contributed by atoms with Crippen molar-refractivity contribution in [1.82, 2.24) is 0 Å². The van der Waals surface area contributed by atoms with Gasteiger partial charge in [0.15, 0.2) is 0 Å². The largest absolute Gasteiger partial charge is 0.507 e. The quantitative estimate of drug-likeness (QED) is 0.762. The van der Waals surface area contributed by atoms with Gasteiger partial charge in [-0.3, -0.25) is 0 Å². The van der Waals surface area contributed by atoms with Crippen LogP contribution in [0.2, 0.25) is 0 Å². The summed E-state index contributed by atoms with van der Waals surface area (Å²) in [7, 11) is 0. The van der Waals surface area contributed by atoms with Crippen molar-refractivity contribution in [2.45, 2.75) is 13.0 Å². The van der Waals surface area contributed by atoms with Crippen molar-refractivity contribution < 1.29 is 10.2 Å². The van der Waals surface area contributed by atoms with Gasteiger partial charge in [-0.15, -0.1) is 0 Å². The highest BCUT2D eigenvalue weighted by Crippen LogP contribution is 2.28. The van der Waals surface area contributed by atoms with Crippen molar-refractivity contribution in [2.24, 2.45) is 0 Å². The Labute approximate surface area is 99.8 Å². The van der Waals surface area contributed by atoms with E-state index in [4.69, 9.17) is 10.5 Å². The van der Waals surface area contributed by atoms with Crippen LogP contribution in [0.5, 0.6) is 5.75 Å². The number of aliphatic hydroxyl groups excluding tert-OH is 1. The fourth-order valence-corrected chi connectivity index (χ4v) is 1.49. The second-order valence-electron chi connectivity index (χ2n) is 3.59. The van der Waals surface area contributed by atoms with Crippen molar-refractivity contribution in [3.05, 3.63) is 23.8 Å². The molecule has 17 heavy (non-hydrogen) atoms. The van der Waals surface area contributed by atoms with Crippen molar-refractivity contribution in [2.75, 3.05) is 18.0 Å². The molecular formula is C12H13N3O2. The molecule has 0 amide bonds. The third kappa shape index (κ3) is 3.10. The Bertz CT molecular complexity index is 456. The SMILES string of the molecule is CC(O)c1ccc(N(CC#N)CC#N)cc1O. The molecule has 0 aromatic heterocycles. The van der Waals surface area contributed by atoms with Gasteiger partial charge in [0.1, 0.15) is 18.8 Å². The number of rotatable bonds is 4. The number of hydrogen-bond donors (Lipinski definition) is 2. The standard InChI is InChI=1S/C12H13N3O2/c1-9(16)11-3-2-10(8-12(11)17)15(6-4-13)7-5-14/h2-3,8-9,16-17H,6-7H2,1H3.